The van der Waals surface area contributed by atoms with Gasteiger partial charge in [-0.25, -0.2) is 5.43 Å². The summed E-state index contributed by atoms with van der Waals surface area (Å²) in [5.41, 5.74) is 6.42. The Hall–Kier alpha value is -4.14. The first-order valence-electron chi connectivity index (χ1n) is 13.6. The number of hydrazone groups is 1. The van der Waals surface area contributed by atoms with Crippen LogP contribution in [-0.4, -0.2) is 47.8 Å². The van der Waals surface area contributed by atoms with E-state index in [1.165, 1.54) is 4.90 Å². The van der Waals surface area contributed by atoms with Gasteiger partial charge in [0.2, 0.25) is 17.7 Å². The molecule has 2 bridgehead atoms. The molecule has 2 atom stereocenters. The lowest BCUT2D eigenvalue weighted by molar-refractivity contribution is -0.159. The van der Waals surface area contributed by atoms with Crippen molar-refractivity contribution in [2.75, 3.05) is 13.2 Å². The molecular weight excluding hydrogens is 506 g/mol. The summed E-state index contributed by atoms with van der Waals surface area (Å²) in [4.78, 5) is 42.6. The number of likely N-dealkylation sites (tertiary alicyclic amines) is 1. The summed E-state index contributed by atoms with van der Waals surface area (Å²) < 4.78 is 11.1. The number of ether oxygens (including phenoxy) is 2. The molecule has 2 saturated heterocycles. The van der Waals surface area contributed by atoms with Crippen LogP contribution in [0.1, 0.15) is 47.1 Å². The number of hydrogen-bond acceptors (Lipinski definition) is 6. The van der Waals surface area contributed by atoms with Crippen molar-refractivity contribution in [3.63, 3.8) is 0 Å². The lowest BCUT2D eigenvalue weighted by Crippen LogP contribution is -2.54. The van der Waals surface area contributed by atoms with Crippen molar-refractivity contribution < 1.29 is 23.9 Å². The first kappa shape index (κ1) is 24.9. The molecule has 0 saturated carbocycles. The number of carbonyl (C=O) groups is 3. The summed E-state index contributed by atoms with van der Waals surface area (Å²) >= 11 is 0. The number of hydrogen-bond donors (Lipinski definition) is 1. The maximum absolute atomic E-state index is 14.3. The molecule has 8 nitrogen and oxygen atoms in total. The third kappa shape index (κ3) is 3.59. The largest absolute Gasteiger partial charge is 0.347 e. The first-order chi connectivity index (χ1) is 19.4. The third-order valence-electron chi connectivity index (χ3n) is 8.80. The van der Waals surface area contributed by atoms with Crippen molar-refractivity contribution in [2.45, 2.75) is 37.0 Å². The smallest absolute Gasteiger partial charge is 0.245 e. The number of nitrogens with zero attached hydrogens (tertiary/aromatic N) is 2. The average Bonchev–Trinajstić information content (AvgIpc) is 3.51. The van der Waals surface area contributed by atoms with E-state index in [0.717, 1.165) is 27.8 Å². The fourth-order valence-electron chi connectivity index (χ4n) is 7.23. The second kappa shape index (κ2) is 9.21. The van der Waals surface area contributed by atoms with E-state index in [1.807, 2.05) is 78.9 Å². The molecule has 2 aliphatic heterocycles. The molecule has 40 heavy (non-hydrogen) atoms. The quantitative estimate of drug-likeness (QED) is 0.296. The molecule has 3 aromatic carbocycles. The number of amides is 3. The van der Waals surface area contributed by atoms with E-state index in [-0.39, 0.29) is 36.6 Å². The molecule has 8 heteroatoms. The van der Waals surface area contributed by atoms with E-state index in [1.54, 1.807) is 13.1 Å². The van der Waals surface area contributed by atoms with Crippen LogP contribution >= 0.6 is 0 Å². The van der Waals surface area contributed by atoms with Gasteiger partial charge in [0.1, 0.15) is 0 Å². The van der Waals surface area contributed by atoms with E-state index < -0.39 is 23.0 Å². The van der Waals surface area contributed by atoms with Gasteiger partial charge in [0, 0.05) is 12.1 Å². The Morgan fingerprint density at radius 3 is 2.17 bits per heavy atom. The Labute approximate surface area is 232 Å². The molecule has 2 fully saturated rings. The molecule has 3 aliphatic carbocycles. The predicted molar refractivity (Wildman–Crippen MR) is 146 cm³/mol. The van der Waals surface area contributed by atoms with Gasteiger partial charge < -0.3 is 9.47 Å². The summed E-state index contributed by atoms with van der Waals surface area (Å²) in [7, 11) is 0. The second-order valence-corrected chi connectivity index (χ2v) is 11.1. The van der Waals surface area contributed by atoms with Crippen LogP contribution in [-0.2, 0) is 35.8 Å². The topological polar surface area (TPSA) is 97.3 Å². The molecule has 0 unspecified atom stereocenters. The standard InChI is InChI=1S/C32H29N3O5/c1-31(39-15-16-40-31)17-25(36)34-33-19-32-23-13-7-5-11-21(23)26(22-12-6-8-14-24(22)32)27-28(32)30(38)35(29(27)37)18-20-9-3-2-4-10-20/h2-14,19,26-28H,15-18H2,1H3,(H,34,36)/b33-19-/t26?,27-,28-,32?/m0/s1. The van der Waals surface area contributed by atoms with E-state index in [0.29, 0.717) is 13.2 Å². The van der Waals surface area contributed by atoms with E-state index >= 15 is 0 Å². The number of nitrogens with one attached hydrogen (secondary N) is 1. The fourth-order valence-corrected chi connectivity index (χ4v) is 7.23. The summed E-state index contributed by atoms with van der Waals surface area (Å²) in [5.74, 6) is -3.23. The van der Waals surface area contributed by atoms with Crippen LogP contribution in [0.2, 0.25) is 0 Å². The van der Waals surface area contributed by atoms with Gasteiger partial charge in [-0.05, 0) is 34.7 Å². The second-order valence-electron chi connectivity index (χ2n) is 11.1. The van der Waals surface area contributed by atoms with Crippen molar-refractivity contribution >= 4 is 23.9 Å². The Kier molecular flexibility index (Phi) is 5.73. The van der Waals surface area contributed by atoms with Gasteiger partial charge in [0.25, 0.3) is 0 Å². The molecule has 8 rings (SSSR count). The lowest BCUT2D eigenvalue weighted by Gasteiger charge is -2.52. The van der Waals surface area contributed by atoms with Crippen molar-refractivity contribution in [2.24, 2.45) is 16.9 Å². The van der Waals surface area contributed by atoms with E-state index in [2.05, 4.69) is 10.5 Å². The zero-order chi connectivity index (χ0) is 27.5. The number of carbonyl (C=O) groups excluding carboxylic acids is 3. The molecule has 0 aromatic heterocycles. The van der Waals surface area contributed by atoms with Crippen LogP contribution in [0.25, 0.3) is 0 Å². The van der Waals surface area contributed by atoms with Crippen molar-refractivity contribution in [1.82, 2.24) is 10.3 Å². The molecule has 1 N–H and O–H groups in total. The lowest BCUT2D eigenvalue weighted by atomic mass is 9.47. The van der Waals surface area contributed by atoms with Gasteiger partial charge in [0.15, 0.2) is 5.79 Å². The summed E-state index contributed by atoms with van der Waals surface area (Å²) in [6, 6.07) is 25.5. The van der Waals surface area contributed by atoms with Crippen molar-refractivity contribution in [3.05, 3.63) is 107 Å². The molecular formula is C32H29N3O5. The van der Waals surface area contributed by atoms with Crippen LogP contribution in [0.5, 0.6) is 0 Å². The molecule has 3 aromatic rings. The monoisotopic (exact) mass is 535 g/mol. The molecule has 5 aliphatic rings. The van der Waals surface area contributed by atoms with Gasteiger partial charge in [-0.3, -0.25) is 19.3 Å². The fraction of sp³-hybridized carbons (Fsp3) is 0.312. The Bertz CT molecular complexity index is 1500. The zero-order valence-electron chi connectivity index (χ0n) is 22.1. The van der Waals surface area contributed by atoms with Crippen LogP contribution < -0.4 is 5.43 Å². The van der Waals surface area contributed by atoms with Gasteiger partial charge in [-0.1, -0.05) is 78.9 Å². The van der Waals surface area contributed by atoms with Gasteiger partial charge in [-0.15, -0.1) is 0 Å². The highest BCUT2D eigenvalue weighted by atomic mass is 16.7. The van der Waals surface area contributed by atoms with Gasteiger partial charge in [0.05, 0.1) is 43.4 Å². The summed E-state index contributed by atoms with van der Waals surface area (Å²) in [6.07, 6.45) is 1.66. The minimum absolute atomic E-state index is 0.0130. The molecule has 0 radical (unpaired) electrons. The summed E-state index contributed by atoms with van der Waals surface area (Å²) in [6.45, 7) is 2.81. The van der Waals surface area contributed by atoms with Gasteiger partial charge >= 0.3 is 0 Å². The zero-order valence-corrected chi connectivity index (χ0v) is 22.1. The highest BCUT2D eigenvalue weighted by Gasteiger charge is 2.67. The highest BCUT2D eigenvalue weighted by Crippen LogP contribution is 2.63. The Morgan fingerprint density at radius 1 is 0.925 bits per heavy atom. The number of imide groups is 1. The Morgan fingerprint density at radius 2 is 1.52 bits per heavy atom. The van der Waals surface area contributed by atoms with Crippen LogP contribution in [0.3, 0.4) is 0 Å². The van der Waals surface area contributed by atoms with Crippen LogP contribution in [0, 0.1) is 11.8 Å². The van der Waals surface area contributed by atoms with Crippen LogP contribution in [0.4, 0.5) is 0 Å². The minimum atomic E-state index is -1.03. The highest BCUT2D eigenvalue weighted by molar-refractivity contribution is 6.11. The van der Waals surface area contributed by atoms with Crippen molar-refractivity contribution in [1.29, 1.82) is 0 Å². The molecule has 3 amide bonds. The average molecular weight is 536 g/mol. The number of benzene rings is 3. The van der Waals surface area contributed by atoms with Gasteiger partial charge in [-0.2, -0.15) is 5.10 Å². The maximum Gasteiger partial charge on any atom is 0.245 e. The van der Waals surface area contributed by atoms with Crippen LogP contribution in [0.15, 0.2) is 84.0 Å². The molecule has 202 valence electrons. The number of rotatable bonds is 6. The molecule has 0 spiro atoms. The minimum Gasteiger partial charge on any atom is -0.347 e. The van der Waals surface area contributed by atoms with E-state index in [9.17, 15) is 14.4 Å². The van der Waals surface area contributed by atoms with Crippen molar-refractivity contribution in [3.8, 4) is 0 Å². The Balaban J connectivity index is 1.32. The molecule has 2 heterocycles. The predicted octanol–water partition coefficient (Wildman–Crippen LogP) is 3.49. The SMILES string of the molecule is CC1(CC(=O)N/N=C\C23c4ccccc4C(c4ccccc42)[C@@H]2C(=O)N(Cc4ccccc4)C(=O)[C@H]23)OCCO1. The normalized spacial score (nSPS) is 27.5. The first-order valence-corrected chi connectivity index (χ1v) is 13.6. The third-order valence-corrected chi connectivity index (χ3v) is 8.80. The van der Waals surface area contributed by atoms with E-state index in [4.69, 9.17) is 9.47 Å². The summed E-state index contributed by atoms with van der Waals surface area (Å²) in [5, 5.41) is 4.44. The maximum atomic E-state index is 14.3.